The quantitative estimate of drug-likeness (QED) is 0.582. The van der Waals surface area contributed by atoms with E-state index in [1.165, 1.54) is 4.31 Å². The lowest BCUT2D eigenvalue weighted by molar-refractivity contribution is 0.0697. The third kappa shape index (κ3) is 3.05. The van der Waals surface area contributed by atoms with Crippen LogP contribution < -0.4 is 9.64 Å². The number of carboxylic acid groups (broad SMARTS) is 1. The Morgan fingerprint density at radius 2 is 1.79 bits per heavy atom. The van der Waals surface area contributed by atoms with Crippen molar-refractivity contribution in [1.29, 1.82) is 0 Å². The van der Waals surface area contributed by atoms with Crippen molar-refractivity contribution in [2.75, 3.05) is 11.9 Å². The third-order valence-electron chi connectivity index (χ3n) is 7.25. The Bertz CT molecular complexity index is 1420. The van der Waals surface area contributed by atoms with E-state index in [2.05, 4.69) is 4.90 Å². The minimum atomic E-state index is -3.77. The van der Waals surface area contributed by atoms with Gasteiger partial charge in [-0.05, 0) is 60.2 Å². The Morgan fingerprint density at radius 3 is 2.47 bits per heavy atom. The fraction of sp³-hybridized carbons (Fsp3) is 0.269. The topological polar surface area (TPSA) is 87.2 Å². The van der Waals surface area contributed by atoms with Gasteiger partial charge < -0.3 is 14.7 Å². The summed E-state index contributed by atoms with van der Waals surface area (Å²) in [5, 5.41) is 9.47. The number of sulfonamides is 1. The predicted octanol–water partition coefficient (Wildman–Crippen LogP) is 4.84. The first-order valence-electron chi connectivity index (χ1n) is 11.4. The molecule has 34 heavy (non-hydrogen) atoms. The molecule has 0 saturated heterocycles. The first kappa shape index (κ1) is 21.2. The van der Waals surface area contributed by atoms with Crippen molar-refractivity contribution < 1.29 is 23.1 Å². The Kier molecular flexibility index (Phi) is 4.72. The number of anilines is 2. The van der Waals surface area contributed by atoms with Crippen LogP contribution in [-0.4, -0.2) is 37.0 Å². The maximum Gasteiger partial charge on any atom is 0.335 e. The van der Waals surface area contributed by atoms with E-state index >= 15 is 0 Å². The van der Waals surface area contributed by atoms with Crippen LogP contribution in [0.15, 0.2) is 65.6 Å². The Morgan fingerprint density at radius 1 is 1.03 bits per heavy atom. The molecule has 2 heterocycles. The molecule has 0 radical (unpaired) electrons. The molecule has 0 spiro atoms. The smallest absolute Gasteiger partial charge is 0.335 e. The number of fused-ring (bicyclic) bond motifs is 4. The van der Waals surface area contributed by atoms with Crippen LogP contribution in [0.1, 0.15) is 35.2 Å². The maximum atomic E-state index is 13.8. The highest BCUT2D eigenvalue weighted by atomic mass is 32.2. The summed E-state index contributed by atoms with van der Waals surface area (Å²) < 4.78 is 35.1. The first-order chi connectivity index (χ1) is 16.4. The number of ether oxygens (including phenoxy) is 1. The van der Waals surface area contributed by atoms with E-state index in [9.17, 15) is 18.3 Å². The van der Waals surface area contributed by atoms with Gasteiger partial charge in [0.2, 0.25) is 10.0 Å². The molecule has 3 aromatic carbocycles. The molecule has 7 nitrogen and oxygen atoms in total. The molecule has 3 aromatic rings. The Balaban J connectivity index is 1.60. The number of hydrogen-bond donors (Lipinski definition) is 1. The van der Waals surface area contributed by atoms with Crippen molar-refractivity contribution in [3.8, 4) is 16.9 Å². The fourth-order valence-corrected chi connectivity index (χ4v) is 6.79. The monoisotopic (exact) mass is 476 g/mol. The van der Waals surface area contributed by atoms with Crippen LogP contribution >= 0.6 is 0 Å². The summed E-state index contributed by atoms with van der Waals surface area (Å²) in [7, 11) is -2.12. The van der Waals surface area contributed by atoms with Crippen LogP contribution in [0.25, 0.3) is 11.1 Å². The largest absolute Gasteiger partial charge is 0.488 e. The average Bonchev–Trinajstić information content (AvgIpc) is 2.81. The van der Waals surface area contributed by atoms with E-state index in [-0.39, 0.29) is 22.5 Å². The molecule has 3 aliphatic rings. The van der Waals surface area contributed by atoms with Gasteiger partial charge in [0.25, 0.3) is 0 Å². The van der Waals surface area contributed by atoms with Crippen molar-refractivity contribution in [1.82, 2.24) is 4.31 Å². The zero-order chi connectivity index (χ0) is 23.6. The van der Waals surface area contributed by atoms with E-state index in [1.54, 1.807) is 31.3 Å². The Labute approximate surface area is 198 Å². The molecule has 1 fully saturated rings. The molecule has 0 bridgehead atoms. The number of hydrogen-bond acceptors (Lipinski definition) is 5. The lowest BCUT2D eigenvalue weighted by Crippen LogP contribution is -2.56. The second-order valence-corrected chi connectivity index (χ2v) is 11.1. The normalized spacial score (nSPS) is 21.0. The van der Waals surface area contributed by atoms with E-state index in [0.29, 0.717) is 29.2 Å². The summed E-state index contributed by atoms with van der Waals surface area (Å²) in [5.74, 6) is -0.231. The van der Waals surface area contributed by atoms with Crippen LogP contribution in [0, 0.1) is 5.92 Å². The van der Waals surface area contributed by atoms with Crippen molar-refractivity contribution in [2.24, 2.45) is 5.92 Å². The zero-order valence-corrected chi connectivity index (χ0v) is 19.5. The number of nitrogens with zero attached hydrogens (tertiary/aromatic N) is 2. The summed E-state index contributed by atoms with van der Waals surface area (Å²) in [4.78, 5) is 13.9. The minimum absolute atomic E-state index is 0.153. The van der Waals surface area contributed by atoms with Gasteiger partial charge in [0.05, 0.1) is 11.3 Å². The molecule has 0 aromatic heterocycles. The van der Waals surface area contributed by atoms with Gasteiger partial charge in [0, 0.05) is 24.4 Å². The van der Waals surface area contributed by atoms with Crippen LogP contribution in [-0.2, 0) is 16.6 Å². The maximum absolute atomic E-state index is 13.8. The van der Waals surface area contributed by atoms with Gasteiger partial charge in [-0.3, -0.25) is 0 Å². The third-order valence-corrected chi connectivity index (χ3v) is 9.11. The van der Waals surface area contributed by atoms with Gasteiger partial charge in [-0.25, -0.2) is 13.2 Å². The molecule has 174 valence electrons. The van der Waals surface area contributed by atoms with Crippen LogP contribution in [0.3, 0.4) is 0 Å². The highest BCUT2D eigenvalue weighted by Gasteiger charge is 2.47. The minimum Gasteiger partial charge on any atom is -0.488 e. The molecule has 1 aliphatic carbocycles. The van der Waals surface area contributed by atoms with Crippen molar-refractivity contribution in [3.63, 3.8) is 0 Å². The van der Waals surface area contributed by atoms with Gasteiger partial charge in [-0.1, -0.05) is 30.7 Å². The molecule has 1 N–H and O–H groups in total. The number of aromatic carboxylic acids is 1. The number of carboxylic acids is 1. The van der Waals surface area contributed by atoms with Crippen molar-refractivity contribution in [2.45, 2.75) is 36.9 Å². The lowest BCUT2D eigenvalue weighted by atomic mass is 9.82. The molecule has 1 atom stereocenters. The highest BCUT2D eigenvalue weighted by Crippen LogP contribution is 2.50. The molecule has 0 amide bonds. The molecule has 6 rings (SSSR count). The number of para-hydroxylation sites is 1. The van der Waals surface area contributed by atoms with E-state index in [0.717, 1.165) is 30.5 Å². The summed E-state index contributed by atoms with van der Waals surface area (Å²) in [5.41, 5.74) is 3.78. The first-order valence-corrected chi connectivity index (χ1v) is 12.8. The van der Waals surface area contributed by atoms with Crippen LogP contribution in [0.4, 0.5) is 11.4 Å². The van der Waals surface area contributed by atoms with Crippen LogP contribution in [0.5, 0.6) is 5.75 Å². The number of rotatable bonds is 3. The lowest BCUT2D eigenvalue weighted by Gasteiger charge is -2.49. The van der Waals surface area contributed by atoms with E-state index < -0.39 is 16.0 Å². The van der Waals surface area contributed by atoms with E-state index in [1.807, 2.05) is 36.4 Å². The van der Waals surface area contributed by atoms with Gasteiger partial charge in [-0.2, -0.15) is 4.31 Å². The van der Waals surface area contributed by atoms with Gasteiger partial charge in [-0.15, -0.1) is 0 Å². The predicted molar refractivity (Wildman–Crippen MR) is 128 cm³/mol. The molecule has 1 saturated carbocycles. The summed E-state index contributed by atoms with van der Waals surface area (Å²) >= 11 is 0. The molecule has 0 unspecified atom stereocenters. The molecule has 2 aliphatic heterocycles. The van der Waals surface area contributed by atoms with Crippen molar-refractivity contribution in [3.05, 3.63) is 71.8 Å². The van der Waals surface area contributed by atoms with Gasteiger partial charge >= 0.3 is 5.97 Å². The summed E-state index contributed by atoms with van der Waals surface area (Å²) in [6.07, 6.45) is 2.74. The second-order valence-electron chi connectivity index (χ2n) is 9.11. The van der Waals surface area contributed by atoms with Gasteiger partial charge in [0.1, 0.15) is 23.4 Å². The van der Waals surface area contributed by atoms with Crippen LogP contribution in [0.2, 0.25) is 0 Å². The summed E-state index contributed by atoms with van der Waals surface area (Å²) in [6.45, 7) is 0.297. The molecule has 8 heteroatoms. The SMILES string of the molecule is CN1[C@H](C2CCC2)N(c2ccccc2)c2cc3c(cc2S1(=O)=O)-c1cc(C(=O)O)ccc1CO3. The fourth-order valence-electron chi connectivity index (χ4n) is 5.24. The average molecular weight is 477 g/mol. The van der Waals surface area contributed by atoms with E-state index in [4.69, 9.17) is 4.74 Å². The molecular weight excluding hydrogens is 452 g/mol. The summed E-state index contributed by atoms with van der Waals surface area (Å²) in [6, 6.07) is 18.2. The second kappa shape index (κ2) is 7.58. The molecular formula is C26H24N2O5S. The number of carbonyl (C=O) groups is 1. The van der Waals surface area contributed by atoms with Crippen molar-refractivity contribution >= 4 is 27.4 Å². The Hall–Kier alpha value is -3.36. The zero-order valence-electron chi connectivity index (χ0n) is 18.6. The van der Waals surface area contributed by atoms with Gasteiger partial charge in [0.15, 0.2) is 0 Å². The highest BCUT2D eigenvalue weighted by molar-refractivity contribution is 7.89. The number of benzene rings is 3. The standard InChI is InChI=1S/C26H24N2O5S/c1-27-25(16-6-5-7-16)28(19-8-3-2-4-9-19)22-14-23-21(13-24(22)34(27,31)32)20-12-17(26(29)30)10-11-18(20)15-33-23/h2-4,8-14,16,25H,5-7,15H2,1H3,(H,29,30)/t25-/m0/s1.